The number of benzene rings is 3. The van der Waals surface area contributed by atoms with E-state index in [-0.39, 0.29) is 23.1 Å². The zero-order valence-electron chi connectivity index (χ0n) is 17.5. The second-order valence-corrected chi connectivity index (χ2v) is 9.64. The van der Waals surface area contributed by atoms with Gasteiger partial charge in [-0.1, -0.05) is 60.7 Å². The Morgan fingerprint density at radius 3 is 2.39 bits per heavy atom. The second-order valence-electron chi connectivity index (χ2n) is 7.68. The van der Waals surface area contributed by atoms with E-state index < -0.39 is 9.84 Å². The van der Waals surface area contributed by atoms with Gasteiger partial charge in [-0.15, -0.1) is 0 Å². The molecule has 4 aromatic rings. The van der Waals surface area contributed by atoms with Gasteiger partial charge in [0.2, 0.25) is 5.91 Å². The minimum Gasteiger partial charge on any atom is -0.337 e. The first-order valence-corrected chi connectivity index (χ1v) is 11.7. The zero-order chi connectivity index (χ0) is 22.0. The van der Waals surface area contributed by atoms with Crippen LogP contribution in [0.1, 0.15) is 16.7 Å². The number of carbonyl (C=O) groups is 1. The minimum atomic E-state index is -3.58. The number of hydrogen-bond donors (Lipinski definition) is 1. The van der Waals surface area contributed by atoms with Crippen LogP contribution in [0.15, 0.2) is 83.9 Å². The summed E-state index contributed by atoms with van der Waals surface area (Å²) >= 11 is 0. The van der Waals surface area contributed by atoms with Crippen LogP contribution in [0.2, 0.25) is 0 Å². The molecule has 6 heteroatoms. The number of amides is 1. The van der Waals surface area contributed by atoms with Crippen LogP contribution in [0, 0.1) is 13.8 Å². The average molecular weight is 433 g/mol. The van der Waals surface area contributed by atoms with Crippen molar-refractivity contribution in [2.75, 3.05) is 5.32 Å². The Hall–Kier alpha value is -3.38. The summed E-state index contributed by atoms with van der Waals surface area (Å²) < 4.78 is 28.0. The molecule has 3 aromatic carbocycles. The third-order valence-electron chi connectivity index (χ3n) is 5.48. The van der Waals surface area contributed by atoms with Gasteiger partial charge in [0, 0.05) is 22.8 Å². The van der Waals surface area contributed by atoms with Crippen LogP contribution in [0.3, 0.4) is 0 Å². The highest BCUT2D eigenvalue weighted by Crippen LogP contribution is 2.28. The number of hydrogen-bond acceptors (Lipinski definition) is 3. The van der Waals surface area contributed by atoms with E-state index in [0.29, 0.717) is 10.9 Å². The van der Waals surface area contributed by atoms with Gasteiger partial charge in [-0.2, -0.15) is 0 Å². The molecule has 1 N–H and O–H groups in total. The van der Waals surface area contributed by atoms with Crippen molar-refractivity contribution >= 4 is 32.3 Å². The molecule has 0 saturated carbocycles. The average Bonchev–Trinajstić information content (AvgIpc) is 3.11. The van der Waals surface area contributed by atoms with Crippen molar-refractivity contribution in [3.05, 3.63) is 95.7 Å². The highest BCUT2D eigenvalue weighted by atomic mass is 32.2. The van der Waals surface area contributed by atoms with Gasteiger partial charge >= 0.3 is 0 Å². The molecule has 0 bridgehead atoms. The summed E-state index contributed by atoms with van der Waals surface area (Å²) in [5.74, 6) is -0.294. The summed E-state index contributed by atoms with van der Waals surface area (Å²) in [4.78, 5) is 13.0. The molecule has 5 nitrogen and oxygen atoms in total. The number of para-hydroxylation sites is 1. The van der Waals surface area contributed by atoms with E-state index in [1.165, 1.54) is 0 Å². The standard InChI is InChI=1S/C25H24N2O3S/c1-18-9-8-13-22(19(18)2)26-25(28)16-27-15-24(21-12-6-7-14-23(21)27)31(29,30)17-20-10-4-3-5-11-20/h3-15H,16-17H2,1-2H3,(H,26,28). The molecule has 0 aliphatic heterocycles. The maximum Gasteiger partial charge on any atom is 0.244 e. The predicted molar refractivity (Wildman–Crippen MR) is 124 cm³/mol. The molecule has 0 unspecified atom stereocenters. The third-order valence-corrected chi connectivity index (χ3v) is 7.19. The molecular formula is C25H24N2O3S. The fourth-order valence-corrected chi connectivity index (χ4v) is 5.28. The summed E-state index contributed by atoms with van der Waals surface area (Å²) in [7, 11) is -3.58. The van der Waals surface area contributed by atoms with E-state index in [0.717, 1.165) is 22.4 Å². The zero-order valence-corrected chi connectivity index (χ0v) is 18.3. The van der Waals surface area contributed by atoms with Crippen molar-refractivity contribution in [3.63, 3.8) is 0 Å². The lowest BCUT2D eigenvalue weighted by atomic mass is 10.1. The van der Waals surface area contributed by atoms with Gasteiger partial charge in [-0.3, -0.25) is 4.79 Å². The molecule has 1 heterocycles. The van der Waals surface area contributed by atoms with Crippen LogP contribution in [-0.4, -0.2) is 18.9 Å². The lowest BCUT2D eigenvalue weighted by molar-refractivity contribution is -0.116. The van der Waals surface area contributed by atoms with Gasteiger partial charge < -0.3 is 9.88 Å². The number of carbonyl (C=O) groups excluding carboxylic acids is 1. The Labute approximate surface area is 182 Å². The van der Waals surface area contributed by atoms with E-state index in [9.17, 15) is 13.2 Å². The Bertz CT molecular complexity index is 1360. The summed E-state index contributed by atoms with van der Waals surface area (Å²) in [6.07, 6.45) is 1.58. The van der Waals surface area contributed by atoms with Gasteiger partial charge in [0.05, 0.1) is 10.6 Å². The van der Waals surface area contributed by atoms with Crippen LogP contribution >= 0.6 is 0 Å². The van der Waals surface area contributed by atoms with Crippen molar-refractivity contribution in [1.29, 1.82) is 0 Å². The van der Waals surface area contributed by atoms with Crippen molar-refractivity contribution < 1.29 is 13.2 Å². The van der Waals surface area contributed by atoms with E-state index in [2.05, 4.69) is 5.32 Å². The number of aryl methyl sites for hydroxylation is 1. The largest absolute Gasteiger partial charge is 0.337 e. The molecular weight excluding hydrogens is 408 g/mol. The molecule has 158 valence electrons. The Balaban J connectivity index is 1.65. The fourth-order valence-electron chi connectivity index (χ4n) is 3.69. The fraction of sp³-hybridized carbons (Fsp3) is 0.160. The molecule has 31 heavy (non-hydrogen) atoms. The lowest BCUT2D eigenvalue weighted by Gasteiger charge is -2.11. The van der Waals surface area contributed by atoms with Gasteiger partial charge in [0.15, 0.2) is 9.84 Å². The number of sulfone groups is 1. The van der Waals surface area contributed by atoms with E-state index in [4.69, 9.17) is 0 Å². The van der Waals surface area contributed by atoms with Crippen LogP contribution in [0.25, 0.3) is 10.9 Å². The van der Waals surface area contributed by atoms with Crippen molar-refractivity contribution in [2.24, 2.45) is 0 Å². The quantitative estimate of drug-likeness (QED) is 0.473. The molecule has 0 saturated heterocycles. The summed E-state index contributed by atoms with van der Waals surface area (Å²) in [5, 5.41) is 3.57. The number of nitrogens with zero attached hydrogens (tertiary/aromatic N) is 1. The minimum absolute atomic E-state index is 0.0226. The highest BCUT2D eigenvalue weighted by Gasteiger charge is 2.22. The van der Waals surface area contributed by atoms with Crippen molar-refractivity contribution in [2.45, 2.75) is 31.0 Å². The van der Waals surface area contributed by atoms with Gasteiger partial charge in [0.1, 0.15) is 6.54 Å². The smallest absolute Gasteiger partial charge is 0.244 e. The van der Waals surface area contributed by atoms with Gasteiger partial charge in [-0.25, -0.2) is 8.42 Å². The van der Waals surface area contributed by atoms with E-state index >= 15 is 0 Å². The molecule has 0 spiro atoms. The molecule has 1 amide bonds. The van der Waals surface area contributed by atoms with Gasteiger partial charge in [0.25, 0.3) is 0 Å². The Morgan fingerprint density at radius 2 is 1.61 bits per heavy atom. The van der Waals surface area contributed by atoms with Crippen LogP contribution in [-0.2, 0) is 26.9 Å². The lowest BCUT2D eigenvalue weighted by Crippen LogP contribution is -2.19. The number of rotatable bonds is 6. The highest BCUT2D eigenvalue weighted by molar-refractivity contribution is 7.90. The first-order valence-electron chi connectivity index (χ1n) is 10.1. The van der Waals surface area contributed by atoms with E-state index in [1.807, 2.05) is 68.4 Å². The number of fused-ring (bicyclic) bond motifs is 1. The van der Waals surface area contributed by atoms with Crippen LogP contribution < -0.4 is 5.32 Å². The summed E-state index contributed by atoms with van der Waals surface area (Å²) in [6.45, 7) is 3.98. The maximum atomic E-state index is 13.2. The van der Waals surface area contributed by atoms with Gasteiger partial charge in [-0.05, 0) is 42.7 Å². The third kappa shape index (κ3) is 4.39. The maximum absolute atomic E-state index is 13.2. The number of anilines is 1. The van der Waals surface area contributed by atoms with E-state index in [1.54, 1.807) is 29.0 Å². The molecule has 0 radical (unpaired) electrons. The SMILES string of the molecule is Cc1cccc(NC(=O)Cn2cc(S(=O)(=O)Cc3ccccc3)c3ccccc32)c1C. The topological polar surface area (TPSA) is 68.2 Å². The van der Waals surface area contributed by atoms with Crippen LogP contribution in [0.4, 0.5) is 5.69 Å². The van der Waals surface area contributed by atoms with Crippen molar-refractivity contribution in [1.82, 2.24) is 4.57 Å². The molecule has 0 atom stereocenters. The second kappa shape index (κ2) is 8.40. The molecule has 0 aliphatic carbocycles. The first kappa shape index (κ1) is 20.9. The summed E-state index contributed by atoms with van der Waals surface area (Å²) in [5.41, 5.74) is 4.31. The first-order chi connectivity index (χ1) is 14.8. The normalized spacial score (nSPS) is 11.5. The summed E-state index contributed by atoms with van der Waals surface area (Å²) in [6, 6.07) is 22.1. The molecule has 1 aromatic heterocycles. The molecule has 4 rings (SSSR count). The van der Waals surface area contributed by atoms with Crippen LogP contribution in [0.5, 0.6) is 0 Å². The Morgan fingerprint density at radius 1 is 0.903 bits per heavy atom. The Kier molecular flexibility index (Phi) is 5.65. The monoisotopic (exact) mass is 432 g/mol. The predicted octanol–water partition coefficient (Wildman–Crippen LogP) is 4.87. The number of nitrogens with one attached hydrogen (secondary N) is 1. The molecule has 0 fully saturated rings. The van der Waals surface area contributed by atoms with Crippen molar-refractivity contribution in [3.8, 4) is 0 Å². The number of aromatic nitrogens is 1. The molecule has 0 aliphatic rings.